The molecule has 0 atom stereocenters. The fourth-order valence-electron chi connectivity index (χ4n) is 4.11. The molecule has 2 aromatic carbocycles. The lowest BCUT2D eigenvalue weighted by Crippen LogP contribution is -2.20. The Bertz CT molecular complexity index is 1230. The van der Waals surface area contributed by atoms with Gasteiger partial charge in [0.15, 0.2) is 0 Å². The summed E-state index contributed by atoms with van der Waals surface area (Å²) in [5.74, 6) is 0.415. The lowest BCUT2D eigenvalue weighted by atomic mass is 10.0. The van der Waals surface area contributed by atoms with Gasteiger partial charge in [-0.2, -0.15) is 0 Å². The zero-order valence-electron chi connectivity index (χ0n) is 16.6. The van der Waals surface area contributed by atoms with Crippen LogP contribution in [0.25, 0.3) is 11.8 Å². The molecule has 1 amide bonds. The fraction of sp³-hybridized carbons (Fsp3) is 0.125. The van der Waals surface area contributed by atoms with Gasteiger partial charge in [0.1, 0.15) is 5.82 Å². The van der Waals surface area contributed by atoms with Crippen LogP contribution in [0.4, 0.5) is 11.5 Å². The molecule has 0 N–H and O–H groups in total. The van der Waals surface area contributed by atoms with Crippen LogP contribution in [-0.4, -0.2) is 35.9 Å². The standard InChI is InChI=1S/C24H19N3O3/c1-26-20-13-16-8-5-11-25-22(16)27(19-10-4-9-18(21(19)20)23(26)28)14-15-6-3-7-17(12-15)24(29)30-2/h3-13H,14H2,1-2H3. The number of rotatable bonds is 3. The predicted octanol–water partition coefficient (Wildman–Crippen LogP) is 4.10. The second-order valence-electron chi connectivity index (χ2n) is 7.29. The number of nitrogens with zero attached hydrogens (tertiary/aromatic N) is 3. The number of amides is 1. The summed E-state index contributed by atoms with van der Waals surface area (Å²) < 4.78 is 4.86. The summed E-state index contributed by atoms with van der Waals surface area (Å²) in [6, 6.07) is 17.0. The molecule has 30 heavy (non-hydrogen) atoms. The van der Waals surface area contributed by atoms with E-state index >= 15 is 0 Å². The molecule has 0 spiro atoms. The molecule has 2 aliphatic rings. The number of fused-ring (bicyclic) bond motifs is 1. The lowest BCUT2D eigenvalue weighted by Gasteiger charge is -2.26. The van der Waals surface area contributed by atoms with Crippen molar-refractivity contribution in [3.63, 3.8) is 0 Å². The monoisotopic (exact) mass is 397 g/mol. The van der Waals surface area contributed by atoms with Crippen molar-refractivity contribution < 1.29 is 14.3 Å². The number of hydrogen-bond donors (Lipinski definition) is 0. The van der Waals surface area contributed by atoms with Crippen molar-refractivity contribution >= 4 is 35.2 Å². The van der Waals surface area contributed by atoms with Gasteiger partial charge in [0.2, 0.25) is 0 Å². The third-order valence-corrected chi connectivity index (χ3v) is 5.54. The van der Waals surface area contributed by atoms with Crippen molar-refractivity contribution in [2.24, 2.45) is 0 Å². The topological polar surface area (TPSA) is 62.7 Å². The van der Waals surface area contributed by atoms with Gasteiger partial charge in [0.25, 0.3) is 5.91 Å². The van der Waals surface area contributed by atoms with Crippen LogP contribution in [0.2, 0.25) is 0 Å². The minimum Gasteiger partial charge on any atom is -0.465 e. The Morgan fingerprint density at radius 2 is 1.93 bits per heavy atom. The fourth-order valence-corrected chi connectivity index (χ4v) is 4.11. The summed E-state index contributed by atoms with van der Waals surface area (Å²) in [5.41, 5.74) is 5.74. The number of aromatic nitrogens is 1. The number of hydrogen-bond acceptors (Lipinski definition) is 5. The number of anilines is 2. The van der Waals surface area contributed by atoms with E-state index in [1.165, 1.54) is 7.11 Å². The molecule has 0 saturated carbocycles. The van der Waals surface area contributed by atoms with Gasteiger partial charge >= 0.3 is 5.97 Å². The highest BCUT2D eigenvalue weighted by molar-refractivity contribution is 6.15. The molecular formula is C24H19N3O3. The Labute approximate surface area is 174 Å². The van der Waals surface area contributed by atoms with Gasteiger partial charge in [0, 0.05) is 30.9 Å². The normalized spacial score (nSPS) is 14.1. The van der Waals surface area contributed by atoms with E-state index in [-0.39, 0.29) is 11.9 Å². The highest BCUT2D eigenvalue weighted by Crippen LogP contribution is 2.45. The van der Waals surface area contributed by atoms with Gasteiger partial charge < -0.3 is 14.5 Å². The van der Waals surface area contributed by atoms with E-state index in [1.54, 1.807) is 24.2 Å². The van der Waals surface area contributed by atoms with Gasteiger partial charge in [0.05, 0.1) is 29.6 Å². The molecule has 0 bridgehead atoms. The van der Waals surface area contributed by atoms with E-state index in [1.807, 2.05) is 54.6 Å². The highest BCUT2D eigenvalue weighted by atomic mass is 16.5. The van der Waals surface area contributed by atoms with Crippen LogP contribution in [0.5, 0.6) is 0 Å². The molecule has 5 rings (SSSR count). The maximum absolute atomic E-state index is 12.8. The summed E-state index contributed by atoms with van der Waals surface area (Å²) in [4.78, 5) is 33.2. The third-order valence-electron chi connectivity index (χ3n) is 5.54. The zero-order chi connectivity index (χ0) is 20.8. The Balaban J connectivity index is 1.68. The largest absolute Gasteiger partial charge is 0.465 e. The average Bonchev–Trinajstić information content (AvgIpc) is 2.94. The van der Waals surface area contributed by atoms with E-state index in [0.717, 1.165) is 33.9 Å². The maximum atomic E-state index is 12.8. The van der Waals surface area contributed by atoms with Crippen molar-refractivity contribution in [2.45, 2.75) is 6.54 Å². The number of benzene rings is 2. The number of ether oxygens (including phenoxy) is 1. The lowest BCUT2D eigenvalue weighted by molar-refractivity contribution is 0.0600. The Kier molecular flexibility index (Phi) is 4.13. The van der Waals surface area contributed by atoms with E-state index in [0.29, 0.717) is 17.7 Å². The maximum Gasteiger partial charge on any atom is 0.337 e. The first kappa shape index (κ1) is 18.1. The summed E-state index contributed by atoms with van der Waals surface area (Å²) in [6.07, 6.45) is 3.78. The summed E-state index contributed by atoms with van der Waals surface area (Å²) >= 11 is 0. The Morgan fingerprint density at radius 1 is 1.10 bits per heavy atom. The third kappa shape index (κ3) is 2.69. The van der Waals surface area contributed by atoms with Gasteiger partial charge in [-0.3, -0.25) is 4.79 Å². The van der Waals surface area contributed by atoms with Crippen molar-refractivity contribution in [3.8, 4) is 0 Å². The predicted molar refractivity (Wildman–Crippen MR) is 114 cm³/mol. The van der Waals surface area contributed by atoms with E-state index in [9.17, 15) is 9.59 Å². The van der Waals surface area contributed by atoms with Crippen LogP contribution in [0.3, 0.4) is 0 Å². The minimum absolute atomic E-state index is 0.0157. The number of carbonyl (C=O) groups excluding carboxylic acids is 2. The number of methoxy groups -OCH3 is 1. The van der Waals surface area contributed by atoms with Gasteiger partial charge in [-0.25, -0.2) is 9.78 Å². The molecular weight excluding hydrogens is 378 g/mol. The molecule has 3 heterocycles. The van der Waals surface area contributed by atoms with E-state index < -0.39 is 0 Å². The minimum atomic E-state index is -0.372. The van der Waals surface area contributed by atoms with Crippen LogP contribution >= 0.6 is 0 Å². The first-order valence-electron chi connectivity index (χ1n) is 9.61. The van der Waals surface area contributed by atoms with E-state index in [2.05, 4.69) is 9.88 Å². The molecule has 0 aliphatic carbocycles. The van der Waals surface area contributed by atoms with Crippen molar-refractivity contribution in [3.05, 3.63) is 88.6 Å². The Hall–Kier alpha value is -3.93. The smallest absolute Gasteiger partial charge is 0.337 e. The highest BCUT2D eigenvalue weighted by Gasteiger charge is 2.35. The molecule has 6 nitrogen and oxygen atoms in total. The first-order valence-corrected chi connectivity index (χ1v) is 9.61. The molecule has 148 valence electrons. The van der Waals surface area contributed by atoms with Crippen LogP contribution in [0, 0.1) is 0 Å². The number of pyridine rings is 1. The number of carbonyl (C=O) groups is 2. The van der Waals surface area contributed by atoms with Gasteiger partial charge in [-0.15, -0.1) is 0 Å². The van der Waals surface area contributed by atoms with Crippen molar-refractivity contribution in [1.29, 1.82) is 0 Å². The first-order chi connectivity index (χ1) is 14.6. The summed E-state index contributed by atoms with van der Waals surface area (Å²) in [6.45, 7) is 0.490. The number of esters is 1. The second kappa shape index (κ2) is 6.84. The van der Waals surface area contributed by atoms with E-state index in [4.69, 9.17) is 4.74 Å². The SMILES string of the molecule is COC(=O)c1cccc(CN2c3cccc4c3C(=Cc3cccnc32)N(C)C4=O)c1. The second-order valence-corrected chi connectivity index (χ2v) is 7.29. The van der Waals surface area contributed by atoms with Gasteiger partial charge in [-0.1, -0.05) is 18.2 Å². The summed E-state index contributed by atoms with van der Waals surface area (Å²) in [7, 11) is 3.17. The average molecular weight is 397 g/mol. The zero-order valence-corrected chi connectivity index (χ0v) is 16.6. The molecule has 1 aromatic heterocycles. The van der Waals surface area contributed by atoms with Gasteiger partial charge in [-0.05, 0) is 48.0 Å². The van der Waals surface area contributed by atoms with Crippen molar-refractivity contribution in [1.82, 2.24) is 9.88 Å². The molecule has 0 saturated heterocycles. The molecule has 6 heteroatoms. The Morgan fingerprint density at radius 3 is 2.77 bits per heavy atom. The van der Waals surface area contributed by atoms with Crippen LogP contribution < -0.4 is 4.90 Å². The molecule has 2 aliphatic heterocycles. The van der Waals surface area contributed by atoms with Crippen LogP contribution in [0.1, 0.15) is 37.4 Å². The molecule has 0 unspecified atom stereocenters. The van der Waals surface area contributed by atoms with Crippen molar-refractivity contribution in [2.75, 3.05) is 19.1 Å². The molecule has 0 fully saturated rings. The molecule has 3 aromatic rings. The van der Waals surface area contributed by atoms with Crippen LogP contribution in [0.15, 0.2) is 60.8 Å². The quantitative estimate of drug-likeness (QED) is 0.623. The van der Waals surface area contributed by atoms with Crippen LogP contribution in [-0.2, 0) is 11.3 Å². The molecule has 0 radical (unpaired) electrons. The summed E-state index contributed by atoms with van der Waals surface area (Å²) in [5, 5.41) is 0.